The summed E-state index contributed by atoms with van der Waals surface area (Å²) in [5, 5.41) is 0. The number of epoxide rings is 1. The molecule has 2 aliphatic rings. The Balaban J connectivity index is 1.82. The van der Waals surface area contributed by atoms with Crippen LogP contribution in [0, 0.1) is 5.92 Å². The normalized spacial score (nSPS) is 30.2. The van der Waals surface area contributed by atoms with Gasteiger partial charge in [-0.15, -0.1) is 0 Å². The lowest BCUT2D eigenvalue weighted by molar-refractivity contribution is 0.0691. The Kier molecular flexibility index (Phi) is 5.83. The molecule has 0 aromatic rings. The summed E-state index contributed by atoms with van der Waals surface area (Å²) in [4.78, 5) is 0. The zero-order valence-electron chi connectivity index (χ0n) is 12.5. The van der Waals surface area contributed by atoms with E-state index in [4.69, 9.17) is 18.0 Å². The highest BCUT2D eigenvalue weighted by atomic mass is 28.4. The molecule has 1 heterocycles. The third kappa shape index (κ3) is 4.26. The summed E-state index contributed by atoms with van der Waals surface area (Å²) in [6.07, 6.45) is 6.04. The number of ether oxygens (including phenoxy) is 1. The molecule has 4 nitrogen and oxygen atoms in total. The maximum absolute atomic E-state index is 5.90. The molecule has 1 aliphatic carbocycles. The van der Waals surface area contributed by atoms with Crippen molar-refractivity contribution in [1.29, 1.82) is 0 Å². The van der Waals surface area contributed by atoms with Gasteiger partial charge in [-0.3, -0.25) is 0 Å². The Labute approximate surface area is 118 Å². The summed E-state index contributed by atoms with van der Waals surface area (Å²) in [5.41, 5.74) is 0. The van der Waals surface area contributed by atoms with Crippen LogP contribution < -0.4 is 0 Å². The van der Waals surface area contributed by atoms with E-state index < -0.39 is 8.80 Å². The summed E-state index contributed by atoms with van der Waals surface area (Å²) in [6.45, 7) is 8.06. The minimum atomic E-state index is -2.43. The molecule has 19 heavy (non-hydrogen) atoms. The summed E-state index contributed by atoms with van der Waals surface area (Å²) in [7, 11) is -2.43. The molecule has 1 aliphatic heterocycles. The standard InChI is InChI=1S/C14H28O4Si/c1-4-15-19(16-5-2,17-6-3)10-9-12-7-8-13-14(11-12)18-13/h12-14H,4-11H2,1-3H3/t12-,13+,14-/m0/s1. The second-order valence-electron chi connectivity index (χ2n) is 5.41. The van der Waals surface area contributed by atoms with Gasteiger partial charge >= 0.3 is 8.80 Å². The van der Waals surface area contributed by atoms with Crippen LogP contribution in [0.3, 0.4) is 0 Å². The summed E-state index contributed by atoms with van der Waals surface area (Å²) >= 11 is 0. The van der Waals surface area contributed by atoms with Crippen molar-refractivity contribution in [3.05, 3.63) is 0 Å². The van der Waals surface area contributed by atoms with Crippen molar-refractivity contribution in [2.75, 3.05) is 19.8 Å². The van der Waals surface area contributed by atoms with Crippen molar-refractivity contribution < 1.29 is 18.0 Å². The molecule has 3 atom stereocenters. The Morgan fingerprint density at radius 2 is 1.58 bits per heavy atom. The molecule has 0 bridgehead atoms. The Bertz CT molecular complexity index is 257. The van der Waals surface area contributed by atoms with Crippen LogP contribution in [0.15, 0.2) is 0 Å². The molecule has 112 valence electrons. The van der Waals surface area contributed by atoms with Crippen LogP contribution in [-0.2, 0) is 18.0 Å². The van der Waals surface area contributed by atoms with Crippen LogP contribution >= 0.6 is 0 Å². The second kappa shape index (κ2) is 7.18. The SMILES string of the molecule is CCO[Si](CC[C@@H]1CC[C@H]2O[C@H]2C1)(OCC)OCC. The van der Waals surface area contributed by atoms with Gasteiger partial charge in [0.25, 0.3) is 0 Å². The molecule has 1 saturated heterocycles. The quantitative estimate of drug-likeness (QED) is 0.483. The average Bonchev–Trinajstić information content (AvgIpc) is 3.16. The second-order valence-corrected chi connectivity index (χ2v) is 8.14. The van der Waals surface area contributed by atoms with E-state index in [9.17, 15) is 0 Å². The largest absolute Gasteiger partial charge is 0.500 e. The van der Waals surface area contributed by atoms with Crippen molar-refractivity contribution in [2.45, 2.75) is 64.7 Å². The fraction of sp³-hybridized carbons (Fsp3) is 1.00. The van der Waals surface area contributed by atoms with Crippen LogP contribution in [0.1, 0.15) is 46.5 Å². The number of rotatable bonds is 9. The van der Waals surface area contributed by atoms with Crippen LogP contribution in [0.5, 0.6) is 0 Å². The van der Waals surface area contributed by atoms with Gasteiger partial charge in [-0.2, -0.15) is 0 Å². The summed E-state index contributed by atoms with van der Waals surface area (Å²) < 4.78 is 23.3. The molecule has 0 aromatic carbocycles. The molecule has 5 heteroatoms. The smallest absolute Gasteiger partial charge is 0.374 e. The van der Waals surface area contributed by atoms with Crippen molar-refractivity contribution >= 4 is 8.80 Å². The zero-order chi connectivity index (χ0) is 13.7. The van der Waals surface area contributed by atoms with Gasteiger partial charge in [0.1, 0.15) is 0 Å². The Hall–Kier alpha value is 0.0569. The van der Waals surface area contributed by atoms with E-state index in [1.54, 1.807) is 0 Å². The molecule has 0 spiro atoms. The topological polar surface area (TPSA) is 40.2 Å². The fourth-order valence-corrected chi connectivity index (χ4v) is 5.90. The van der Waals surface area contributed by atoms with Gasteiger partial charge in [-0.25, -0.2) is 0 Å². The third-order valence-corrected chi connectivity index (χ3v) is 7.15. The lowest BCUT2D eigenvalue weighted by Crippen LogP contribution is -2.46. The van der Waals surface area contributed by atoms with Gasteiger partial charge in [0.2, 0.25) is 0 Å². The first kappa shape index (κ1) is 15.4. The van der Waals surface area contributed by atoms with E-state index in [0.29, 0.717) is 32.0 Å². The van der Waals surface area contributed by atoms with Gasteiger partial charge in [0.15, 0.2) is 0 Å². The molecule has 0 radical (unpaired) electrons. The summed E-state index contributed by atoms with van der Waals surface area (Å²) in [6, 6.07) is 0.949. The van der Waals surface area contributed by atoms with E-state index in [1.807, 2.05) is 20.8 Å². The predicted molar refractivity (Wildman–Crippen MR) is 76.1 cm³/mol. The van der Waals surface area contributed by atoms with Crippen molar-refractivity contribution in [3.8, 4) is 0 Å². The molecular weight excluding hydrogens is 260 g/mol. The predicted octanol–water partition coefficient (Wildman–Crippen LogP) is 2.99. The van der Waals surface area contributed by atoms with Crippen molar-refractivity contribution in [3.63, 3.8) is 0 Å². The molecule has 0 unspecified atom stereocenters. The third-order valence-electron chi connectivity index (χ3n) is 4.06. The minimum Gasteiger partial charge on any atom is -0.374 e. The molecule has 2 rings (SSSR count). The van der Waals surface area contributed by atoms with Crippen molar-refractivity contribution in [1.82, 2.24) is 0 Å². The average molecular weight is 288 g/mol. The minimum absolute atomic E-state index is 0.557. The highest BCUT2D eigenvalue weighted by Crippen LogP contribution is 2.41. The van der Waals surface area contributed by atoms with Crippen LogP contribution in [0.2, 0.25) is 6.04 Å². The van der Waals surface area contributed by atoms with Gasteiger partial charge in [-0.1, -0.05) is 0 Å². The van der Waals surface area contributed by atoms with Gasteiger partial charge in [0, 0.05) is 25.9 Å². The monoisotopic (exact) mass is 288 g/mol. The maximum atomic E-state index is 5.90. The van der Waals surface area contributed by atoms with Crippen LogP contribution in [0.4, 0.5) is 0 Å². The molecule has 0 amide bonds. The zero-order valence-corrected chi connectivity index (χ0v) is 13.5. The molecule has 0 N–H and O–H groups in total. The number of hydrogen-bond donors (Lipinski definition) is 0. The Morgan fingerprint density at radius 3 is 2.11 bits per heavy atom. The summed E-state index contributed by atoms with van der Waals surface area (Å²) in [5.74, 6) is 0.761. The lowest BCUT2D eigenvalue weighted by Gasteiger charge is -2.30. The van der Waals surface area contributed by atoms with Crippen LogP contribution in [-0.4, -0.2) is 40.8 Å². The van der Waals surface area contributed by atoms with Gasteiger partial charge in [0.05, 0.1) is 12.2 Å². The molecule has 0 aromatic heterocycles. The van der Waals surface area contributed by atoms with Gasteiger partial charge < -0.3 is 18.0 Å². The lowest BCUT2D eigenvalue weighted by atomic mass is 9.88. The first-order valence-corrected chi connectivity index (χ1v) is 9.73. The highest BCUT2D eigenvalue weighted by Gasteiger charge is 2.46. The van der Waals surface area contributed by atoms with E-state index in [0.717, 1.165) is 18.4 Å². The van der Waals surface area contributed by atoms with E-state index in [2.05, 4.69) is 0 Å². The van der Waals surface area contributed by atoms with E-state index >= 15 is 0 Å². The van der Waals surface area contributed by atoms with Gasteiger partial charge in [-0.05, 0) is 52.4 Å². The first-order chi connectivity index (χ1) is 9.23. The number of hydrogen-bond acceptors (Lipinski definition) is 4. The first-order valence-electron chi connectivity index (χ1n) is 7.80. The maximum Gasteiger partial charge on any atom is 0.500 e. The molecule has 1 saturated carbocycles. The fourth-order valence-electron chi connectivity index (χ4n) is 3.13. The van der Waals surface area contributed by atoms with Crippen LogP contribution in [0.25, 0.3) is 0 Å². The Morgan fingerprint density at radius 1 is 0.947 bits per heavy atom. The highest BCUT2D eigenvalue weighted by molar-refractivity contribution is 6.60. The van der Waals surface area contributed by atoms with E-state index in [1.165, 1.54) is 19.3 Å². The molecular formula is C14H28O4Si. The number of fused-ring (bicyclic) bond motifs is 1. The van der Waals surface area contributed by atoms with Crippen molar-refractivity contribution in [2.24, 2.45) is 5.92 Å². The van der Waals surface area contributed by atoms with E-state index in [-0.39, 0.29) is 0 Å². The molecule has 2 fully saturated rings.